The van der Waals surface area contributed by atoms with Gasteiger partial charge in [0.15, 0.2) is 5.69 Å². The van der Waals surface area contributed by atoms with Crippen molar-refractivity contribution in [2.75, 3.05) is 26.8 Å². The highest BCUT2D eigenvalue weighted by Gasteiger charge is 2.26. The summed E-state index contributed by atoms with van der Waals surface area (Å²) in [5.74, 6) is 0.773. The second-order valence-corrected chi connectivity index (χ2v) is 7.25. The van der Waals surface area contributed by atoms with Crippen LogP contribution in [0, 0.1) is 5.92 Å². The Bertz CT molecular complexity index is 517. The number of piperidine rings is 1. The molecule has 6 heteroatoms. The highest BCUT2D eigenvalue weighted by atomic mass is 16.5. The van der Waals surface area contributed by atoms with Crippen LogP contribution >= 0.6 is 0 Å². The Labute approximate surface area is 144 Å². The fraction of sp³-hybridized carbons (Fsp3) is 0.833. The summed E-state index contributed by atoms with van der Waals surface area (Å²) in [4.78, 5) is 14.6. The second kappa shape index (κ2) is 8.60. The van der Waals surface area contributed by atoms with E-state index in [2.05, 4.69) is 10.3 Å². The molecule has 1 saturated carbocycles. The molecular formula is C18H30N4O2. The summed E-state index contributed by atoms with van der Waals surface area (Å²) in [6.07, 6.45) is 12.5. The summed E-state index contributed by atoms with van der Waals surface area (Å²) in [5, 5.41) is 8.38. The number of hydrogen-bond acceptors (Lipinski definition) is 4. The van der Waals surface area contributed by atoms with Crippen molar-refractivity contribution in [3.8, 4) is 0 Å². The Morgan fingerprint density at radius 2 is 1.96 bits per heavy atom. The normalized spacial score (nSPS) is 20.5. The molecule has 0 aromatic carbocycles. The van der Waals surface area contributed by atoms with Gasteiger partial charge < -0.3 is 9.64 Å². The summed E-state index contributed by atoms with van der Waals surface area (Å²) in [7, 11) is 1.75. The molecule has 6 nitrogen and oxygen atoms in total. The predicted octanol–water partition coefficient (Wildman–Crippen LogP) is 3.06. The average molecular weight is 334 g/mol. The number of hydrogen-bond donors (Lipinski definition) is 0. The third kappa shape index (κ3) is 4.35. The molecule has 2 aliphatic rings. The van der Waals surface area contributed by atoms with Gasteiger partial charge in [0.05, 0.1) is 12.2 Å². The van der Waals surface area contributed by atoms with E-state index in [9.17, 15) is 4.79 Å². The molecule has 1 aromatic heterocycles. The van der Waals surface area contributed by atoms with Crippen molar-refractivity contribution in [2.45, 2.75) is 63.8 Å². The van der Waals surface area contributed by atoms with Gasteiger partial charge in [-0.05, 0) is 44.4 Å². The molecule has 2 heterocycles. The van der Waals surface area contributed by atoms with Crippen LogP contribution in [0.4, 0.5) is 0 Å². The van der Waals surface area contributed by atoms with Crippen LogP contribution in [0.25, 0.3) is 0 Å². The zero-order chi connectivity index (χ0) is 16.8. The Hall–Kier alpha value is -1.43. The fourth-order valence-corrected chi connectivity index (χ4v) is 4.00. The first kappa shape index (κ1) is 17.4. The lowest BCUT2D eigenvalue weighted by Crippen LogP contribution is -2.38. The summed E-state index contributed by atoms with van der Waals surface area (Å²) in [6.45, 7) is 2.52. The van der Waals surface area contributed by atoms with E-state index in [1.54, 1.807) is 7.11 Å². The van der Waals surface area contributed by atoms with Crippen LogP contribution in [-0.2, 0) is 4.74 Å². The van der Waals surface area contributed by atoms with Gasteiger partial charge in [-0.15, -0.1) is 5.10 Å². The minimum atomic E-state index is 0.0485. The van der Waals surface area contributed by atoms with Crippen LogP contribution in [0.15, 0.2) is 6.20 Å². The van der Waals surface area contributed by atoms with Crippen molar-refractivity contribution in [2.24, 2.45) is 5.92 Å². The summed E-state index contributed by atoms with van der Waals surface area (Å²) < 4.78 is 7.04. The van der Waals surface area contributed by atoms with Gasteiger partial charge in [-0.1, -0.05) is 24.5 Å². The smallest absolute Gasteiger partial charge is 0.276 e. The minimum absolute atomic E-state index is 0.0485. The first-order chi connectivity index (χ1) is 11.8. The lowest BCUT2D eigenvalue weighted by Gasteiger charge is -2.31. The van der Waals surface area contributed by atoms with Gasteiger partial charge in [-0.2, -0.15) is 0 Å². The van der Waals surface area contributed by atoms with Crippen molar-refractivity contribution in [3.63, 3.8) is 0 Å². The number of carbonyl (C=O) groups is 1. The number of aromatic nitrogens is 3. The molecule has 0 atom stereocenters. The lowest BCUT2D eigenvalue weighted by molar-refractivity contribution is 0.0675. The molecule has 0 unspecified atom stereocenters. The van der Waals surface area contributed by atoms with Crippen molar-refractivity contribution in [3.05, 3.63) is 11.9 Å². The summed E-state index contributed by atoms with van der Waals surface area (Å²) in [5.41, 5.74) is 0.512. The Balaban J connectivity index is 1.49. The van der Waals surface area contributed by atoms with Gasteiger partial charge in [-0.3, -0.25) is 4.79 Å². The molecule has 0 spiro atoms. The fourth-order valence-electron chi connectivity index (χ4n) is 4.00. The van der Waals surface area contributed by atoms with Crippen molar-refractivity contribution in [1.82, 2.24) is 19.9 Å². The van der Waals surface area contributed by atoms with E-state index in [1.165, 1.54) is 25.7 Å². The second-order valence-electron chi connectivity index (χ2n) is 7.25. The van der Waals surface area contributed by atoms with Gasteiger partial charge >= 0.3 is 0 Å². The molecule has 1 aromatic rings. The number of amides is 1. The van der Waals surface area contributed by atoms with Crippen LogP contribution in [0.2, 0.25) is 0 Å². The quantitative estimate of drug-likeness (QED) is 0.750. The van der Waals surface area contributed by atoms with Crippen LogP contribution in [-0.4, -0.2) is 52.6 Å². The maximum atomic E-state index is 12.7. The molecule has 1 saturated heterocycles. The monoisotopic (exact) mass is 334 g/mol. The SMILES string of the molecule is COCCCC1CCN(C(=O)c2cn(C3CCCCC3)nn2)CC1. The van der Waals surface area contributed by atoms with Crippen LogP contribution in [0.5, 0.6) is 0 Å². The molecule has 0 N–H and O–H groups in total. The average Bonchev–Trinajstić information content (AvgIpc) is 3.13. The molecule has 134 valence electrons. The van der Waals surface area contributed by atoms with Crippen LogP contribution in [0.3, 0.4) is 0 Å². The Morgan fingerprint density at radius 3 is 2.67 bits per heavy atom. The standard InChI is InChI=1S/C18H30N4O2/c1-24-13-5-6-15-9-11-21(12-10-15)18(23)17-14-22(20-19-17)16-7-3-2-4-8-16/h14-16H,2-13H2,1H3. The van der Waals surface area contributed by atoms with E-state index in [-0.39, 0.29) is 5.91 Å². The van der Waals surface area contributed by atoms with Gasteiger partial charge in [-0.25, -0.2) is 4.68 Å². The highest BCUT2D eigenvalue weighted by molar-refractivity contribution is 5.92. The zero-order valence-electron chi connectivity index (χ0n) is 14.8. The molecular weight excluding hydrogens is 304 g/mol. The minimum Gasteiger partial charge on any atom is -0.385 e. The van der Waals surface area contributed by atoms with Gasteiger partial charge in [0.1, 0.15) is 0 Å². The van der Waals surface area contributed by atoms with E-state index in [0.717, 1.165) is 57.7 Å². The molecule has 1 aliphatic carbocycles. The van der Waals surface area contributed by atoms with Crippen LogP contribution < -0.4 is 0 Å². The highest BCUT2D eigenvalue weighted by Crippen LogP contribution is 2.27. The molecule has 2 fully saturated rings. The topological polar surface area (TPSA) is 60.2 Å². The van der Waals surface area contributed by atoms with E-state index in [4.69, 9.17) is 4.74 Å². The van der Waals surface area contributed by atoms with Gasteiger partial charge in [0.25, 0.3) is 5.91 Å². The zero-order valence-corrected chi connectivity index (χ0v) is 14.8. The Morgan fingerprint density at radius 1 is 1.21 bits per heavy atom. The Kier molecular flexibility index (Phi) is 6.24. The maximum Gasteiger partial charge on any atom is 0.276 e. The van der Waals surface area contributed by atoms with Gasteiger partial charge in [0.2, 0.25) is 0 Å². The largest absolute Gasteiger partial charge is 0.385 e. The van der Waals surface area contributed by atoms with E-state index in [0.29, 0.717) is 11.7 Å². The van der Waals surface area contributed by atoms with Crippen molar-refractivity contribution >= 4 is 5.91 Å². The van der Waals surface area contributed by atoms with Crippen molar-refractivity contribution in [1.29, 1.82) is 0 Å². The number of likely N-dealkylation sites (tertiary alicyclic amines) is 1. The number of ether oxygens (including phenoxy) is 1. The molecule has 1 amide bonds. The third-order valence-corrected chi connectivity index (χ3v) is 5.54. The number of nitrogens with zero attached hydrogens (tertiary/aromatic N) is 4. The first-order valence-electron chi connectivity index (χ1n) is 9.48. The molecule has 0 bridgehead atoms. The predicted molar refractivity (Wildman–Crippen MR) is 91.9 cm³/mol. The molecule has 24 heavy (non-hydrogen) atoms. The number of carbonyl (C=O) groups excluding carboxylic acids is 1. The van der Waals surface area contributed by atoms with E-state index < -0.39 is 0 Å². The molecule has 0 radical (unpaired) electrons. The molecule has 3 rings (SSSR count). The number of methoxy groups -OCH3 is 1. The van der Waals surface area contributed by atoms with E-state index in [1.807, 2.05) is 15.8 Å². The maximum absolute atomic E-state index is 12.7. The first-order valence-corrected chi connectivity index (χ1v) is 9.48. The third-order valence-electron chi connectivity index (χ3n) is 5.54. The molecule has 1 aliphatic heterocycles. The van der Waals surface area contributed by atoms with Crippen LogP contribution in [0.1, 0.15) is 74.3 Å². The number of rotatable bonds is 6. The van der Waals surface area contributed by atoms with E-state index >= 15 is 0 Å². The van der Waals surface area contributed by atoms with Gasteiger partial charge in [0, 0.05) is 26.8 Å². The summed E-state index contributed by atoms with van der Waals surface area (Å²) >= 11 is 0. The lowest BCUT2D eigenvalue weighted by atomic mass is 9.92. The van der Waals surface area contributed by atoms with Crippen molar-refractivity contribution < 1.29 is 9.53 Å². The summed E-state index contributed by atoms with van der Waals surface area (Å²) in [6, 6.07) is 0.430.